The second-order valence-corrected chi connectivity index (χ2v) is 2.10. The van der Waals surface area contributed by atoms with Crippen LogP contribution in [0.5, 0.6) is 0 Å². The molecule has 1 rings (SSSR count). The summed E-state index contributed by atoms with van der Waals surface area (Å²) in [4.78, 5) is 10.3. The van der Waals surface area contributed by atoms with Crippen molar-refractivity contribution in [1.29, 1.82) is 0 Å². The van der Waals surface area contributed by atoms with Gasteiger partial charge in [0.2, 0.25) is 5.72 Å². The summed E-state index contributed by atoms with van der Waals surface area (Å²) in [5.74, 6) is 0. The highest BCUT2D eigenvalue weighted by molar-refractivity contribution is 5.69. The summed E-state index contributed by atoms with van der Waals surface area (Å²) in [6.07, 6.45) is 0.0850. The van der Waals surface area contributed by atoms with E-state index in [9.17, 15) is 4.79 Å². The van der Waals surface area contributed by atoms with Crippen LogP contribution in [0.4, 0.5) is 4.79 Å². The van der Waals surface area contributed by atoms with Crippen molar-refractivity contribution in [2.45, 2.75) is 26.0 Å². The molecule has 0 radical (unpaired) electrons. The van der Waals surface area contributed by atoms with Gasteiger partial charge in [0.1, 0.15) is 0 Å². The average Bonchev–Trinajstić information content (AvgIpc) is 2.13. The molecule has 0 N–H and O–H groups in total. The van der Waals surface area contributed by atoms with Crippen LogP contribution in [0.2, 0.25) is 0 Å². The summed E-state index contributed by atoms with van der Waals surface area (Å²) < 4.78 is 4.73. The molecule has 50 valence electrons. The number of rotatable bonds is 1. The van der Waals surface area contributed by atoms with Gasteiger partial charge in [0.25, 0.3) is 0 Å². The van der Waals surface area contributed by atoms with Gasteiger partial charge in [-0.2, -0.15) is 0 Å². The number of carbonyl (C=O) groups excluding carboxylic acids is 1. The number of hydrogen-bond acceptors (Lipinski definition) is 3. The molecule has 0 fully saturated rings. The maximum atomic E-state index is 10.3. The van der Waals surface area contributed by atoms with Crippen LogP contribution < -0.4 is 0 Å². The lowest BCUT2D eigenvalue weighted by molar-refractivity contribution is 0.0567. The van der Waals surface area contributed by atoms with Gasteiger partial charge in [-0.25, -0.2) is 4.79 Å². The molecule has 0 saturated carbocycles. The van der Waals surface area contributed by atoms with Gasteiger partial charge in [0.05, 0.1) is 0 Å². The number of carbonyl (C=O) groups is 1. The Morgan fingerprint density at radius 1 is 1.78 bits per heavy atom. The Labute approximate surface area is 52.9 Å². The van der Waals surface area contributed by atoms with Gasteiger partial charge in [0.15, 0.2) is 0 Å². The molecule has 9 heavy (non-hydrogen) atoms. The van der Waals surface area contributed by atoms with Crippen LogP contribution >= 0.6 is 0 Å². The molecule has 1 aliphatic rings. The molecule has 1 atom stereocenters. The number of cyclic esters (lactones) is 1. The predicted octanol–water partition coefficient (Wildman–Crippen LogP) is 1.72. The lowest BCUT2D eigenvalue weighted by atomic mass is 10.2. The minimum absolute atomic E-state index is 0.584. The molecule has 0 aliphatic carbocycles. The largest absolute Gasteiger partial charge is 0.454 e. The van der Waals surface area contributed by atoms with Crippen molar-refractivity contribution in [3.8, 4) is 0 Å². The second kappa shape index (κ2) is 1.79. The van der Waals surface area contributed by atoms with E-state index in [1.807, 2.05) is 6.92 Å². The van der Waals surface area contributed by atoms with Crippen LogP contribution in [-0.2, 0) is 4.74 Å². The standard InChI is InChI=1S/C5H8N2O2/c1-3-5(2)7-6-4(8)9-5/h3H2,1-2H3. The molecular weight excluding hydrogens is 120 g/mol. The number of ether oxygens (including phenoxy) is 1. The summed E-state index contributed by atoms with van der Waals surface area (Å²) in [6, 6.07) is 0. The summed E-state index contributed by atoms with van der Waals surface area (Å²) in [5, 5.41) is 6.84. The van der Waals surface area contributed by atoms with Gasteiger partial charge in [-0.05, 0) is 6.92 Å². The molecule has 0 aromatic rings. The van der Waals surface area contributed by atoms with Gasteiger partial charge in [-0.1, -0.05) is 12.0 Å². The lowest BCUT2D eigenvalue weighted by Crippen LogP contribution is -2.21. The highest BCUT2D eigenvalue weighted by Crippen LogP contribution is 2.23. The van der Waals surface area contributed by atoms with E-state index in [-0.39, 0.29) is 0 Å². The average molecular weight is 128 g/mol. The summed E-state index contributed by atoms with van der Waals surface area (Å²) >= 11 is 0. The van der Waals surface area contributed by atoms with E-state index >= 15 is 0 Å². The fourth-order valence-corrected chi connectivity index (χ4v) is 0.518. The molecular formula is C5H8N2O2. The van der Waals surface area contributed by atoms with Crippen LogP contribution in [0.1, 0.15) is 20.3 Å². The molecule has 1 unspecified atom stereocenters. The van der Waals surface area contributed by atoms with Crippen molar-refractivity contribution < 1.29 is 9.53 Å². The van der Waals surface area contributed by atoms with Crippen molar-refractivity contribution in [2.24, 2.45) is 10.2 Å². The van der Waals surface area contributed by atoms with E-state index in [0.717, 1.165) is 0 Å². The minimum Gasteiger partial charge on any atom is -0.417 e. The van der Waals surface area contributed by atoms with Gasteiger partial charge >= 0.3 is 6.09 Å². The Hall–Kier alpha value is -0.930. The van der Waals surface area contributed by atoms with E-state index in [1.54, 1.807) is 6.92 Å². The lowest BCUT2D eigenvalue weighted by Gasteiger charge is -2.13. The van der Waals surface area contributed by atoms with Crippen molar-refractivity contribution in [3.05, 3.63) is 0 Å². The zero-order valence-electron chi connectivity index (χ0n) is 5.42. The number of amides is 1. The topological polar surface area (TPSA) is 51.0 Å². The molecule has 0 spiro atoms. The van der Waals surface area contributed by atoms with Crippen LogP contribution in [0.25, 0.3) is 0 Å². The van der Waals surface area contributed by atoms with Crippen LogP contribution in [0.15, 0.2) is 10.2 Å². The van der Waals surface area contributed by atoms with E-state index in [2.05, 4.69) is 10.2 Å². The smallest absolute Gasteiger partial charge is 0.417 e. The first-order valence-corrected chi connectivity index (χ1v) is 2.82. The van der Waals surface area contributed by atoms with Crippen molar-refractivity contribution in [3.63, 3.8) is 0 Å². The van der Waals surface area contributed by atoms with E-state index in [0.29, 0.717) is 6.42 Å². The molecule has 0 aromatic heterocycles. The highest BCUT2D eigenvalue weighted by Gasteiger charge is 2.31. The minimum atomic E-state index is -0.683. The maximum absolute atomic E-state index is 10.3. The molecule has 0 bridgehead atoms. The molecule has 1 aliphatic heterocycles. The molecule has 4 nitrogen and oxygen atoms in total. The highest BCUT2D eigenvalue weighted by atomic mass is 16.6. The second-order valence-electron chi connectivity index (χ2n) is 2.10. The first kappa shape index (κ1) is 6.19. The third-order valence-electron chi connectivity index (χ3n) is 1.31. The monoisotopic (exact) mass is 128 g/mol. The quantitative estimate of drug-likeness (QED) is 0.539. The van der Waals surface area contributed by atoms with E-state index in [1.165, 1.54) is 0 Å². The number of nitrogens with zero attached hydrogens (tertiary/aromatic N) is 2. The Morgan fingerprint density at radius 3 is 2.67 bits per heavy atom. The van der Waals surface area contributed by atoms with Gasteiger partial charge in [-0.15, -0.1) is 5.11 Å². The fourth-order valence-electron chi connectivity index (χ4n) is 0.518. The van der Waals surface area contributed by atoms with Crippen LogP contribution in [-0.4, -0.2) is 11.8 Å². The Morgan fingerprint density at radius 2 is 2.44 bits per heavy atom. The maximum Gasteiger partial charge on any atom is 0.454 e. The Kier molecular flexibility index (Phi) is 1.23. The van der Waals surface area contributed by atoms with E-state index < -0.39 is 11.8 Å². The van der Waals surface area contributed by atoms with Crippen molar-refractivity contribution in [1.82, 2.24) is 0 Å². The third-order valence-corrected chi connectivity index (χ3v) is 1.31. The first-order chi connectivity index (χ1) is 4.16. The Balaban J connectivity index is 2.68. The summed E-state index contributed by atoms with van der Waals surface area (Å²) in [5.41, 5.74) is -0.683. The summed E-state index contributed by atoms with van der Waals surface area (Å²) in [6.45, 7) is 3.61. The fraction of sp³-hybridized carbons (Fsp3) is 0.800. The van der Waals surface area contributed by atoms with Crippen molar-refractivity contribution >= 4 is 6.09 Å². The molecule has 0 saturated heterocycles. The van der Waals surface area contributed by atoms with Gasteiger partial charge in [0, 0.05) is 6.42 Å². The van der Waals surface area contributed by atoms with Gasteiger partial charge in [-0.3, -0.25) is 0 Å². The van der Waals surface area contributed by atoms with Crippen LogP contribution in [0, 0.1) is 0 Å². The molecule has 4 heteroatoms. The third kappa shape index (κ3) is 1.06. The SMILES string of the molecule is CCC1(C)N=NC(=O)O1. The first-order valence-electron chi connectivity index (χ1n) is 2.82. The molecule has 0 aromatic carbocycles. The molecule has 1 amide bonds. The normalized spacial score (nSPS) is 32.9. The van der Waals surface area contributed by atoms with Crippen molar-refractivity contribution in [2.75, 3.05) is 0 Å². The zero-order valence-corrected chi connectivity index (χ0v) is 5.42. The predicted molar refractivity (Wildman–Crippen MR) is 30.0 cm³/mol. The number of azo groups is 1. The Bertz CT molecular complexity index is 166. The van der Waals surface area contributed by atoms with Crippen LogP contribution in [0.3, 0.4) is 0 Å². The summed E-state index contributed by atoms with van der Waals surface area (Å²) in [7, 11) is 0. The van der Waals surface area contributed by atoms with E-state index in [4.69, 9.17) is 4.74 Å². The van der Waals surface area contributed by atoms with Gasteiger partial charge < -0.3 is 4.74 Å². The zero-order chi connectivity index (χ0) is 6.91. The number of hydrogen-bond donors (Lipinski definition) is 0. The molecule has 1 heterocycles.